The second-order valence-corrected chi connectivity index (χ2v) is 7.71. The number of amides is 1. The molecular weight excluding hydrogens is 308 g/mol. The van der Waals surface area contributed by atoms with Crippen LogP contribution in [-0.4, -0.2) is 50.3 Å². The van der Waals surface area contributed by atoms with Crippen LogP contribution in [0.25, 0.3) is 0 Å². The molecule has 1 aromatic carbocycles. The van der Waals surface area contributed by atoms with E-state index < -0.39 is 21.2 Å². The van der Waals surface area contributed by atoms with Gasteiger partial charge in [0.25, 0.3) is 0 Å². The third-order valence-corrected chi connectivity index (χ3v) is 5.12. The number of nitrogens with one attached hydrogen (secondary N) is 2. The molecule has 2 rings (SSSR count). The monoisotopic (exact) mass is 328 g/mol. The quantitative estimate of drug-likeness (QED) is 0.731. The molecule has 1 aliphatic rings. The predicted molar refractivity (Wildman–Crippen MR) is 81.8 cm³/mol. The number of rotatable bonds is 5. The summed E-state index contributed by atoms with van der Waals surface area (Å²) in [5.41, 5.74) is 0.825. The molecule has 1 aliphatic heterocycles. The van der Waals surface area contributed by atoms with Gasteiger partial charge in [-0.15, -0.1) is 0 Å². The number of hydrogen-bond donors (Lipinski definition) is 3. The summed E-state index contributed by atoms with van der Waals surface area (Å²) in [7, 11) is -3.08. The van der Waals surface area contributed by atoms with Crippen molar-refractivity contribution in [1.82, 2.24) is 10.6 Å². The Kier molecular flexibility index (Phi) is 5.25. The van der Waals surface area contributed by atoms with Gasteiger partial charge in [0, 0.05) is 32.3 Å². The van der Waals surface area contributed by atoms with Crippen LogP contribution in [0.5, 0.6) is 5.75 Å². The summed E-state index contributed by atoms with van der Waals surface area (Å²) in [6.45, 7) is 1.30. The van der Waals surface area contributed by atoms with Crippen LogP contribution in [0.3, 0.4) is 0 Å². The zero-order chi connectivity index (χ0) is 16.2. The molecule has 7 nitrogen and oxygen atoms in total. The Labute approximate surface area is 129 Å². The van der Waals surface area contributed by atoms with Gasteiger partial charge in [-0.25, -0.2) is 13.2 Å². The molecule has 1 saturated heterocycles. The zero-order valence-electron chi connectivity index (χ0n) is 12.3. The molecule has 1 heterocycles. The van der Waals surface area contributed by atoms with Gasteiger partial charge >= 0.3 is 6.09 Å². The van der Waals surface area contributed by atoms with Gasteiger partial charge in [0.15, 0.2) is 9.84 Å². The molecule has 2 unspecified atom stereocenters. The molecule has 22 heavy (non-hydrogen) atoms. The Hall–Kier alpha value is -1.80. The summed E-state index contributed by atoms with van der Waals surface area (Å²) >= 11 is 0. The molecule has 1 amide bonds. The van der Waals surface area contributed by atoms with Crippen LogP contribution in [-0.2, 0) is 16.4 Å². The van der Waals surface area contributed by atoms with Crippen LogP contribution in [0, 0.1) is 0 Å². The topological polar surface area (TPSA) is 105 Å². The maximum atomic E-state index is 11.6. The van der Waals surface area contributed by atoms with Gasteiger partial charge in [0.1, 0.15) is 11.9 Å². The van der Waals surface area contributed by atoms with Crippen molar-refractivity contribution in [2.45, 2.75) is 24.3 Å². The molecule has 0 saturated carbocycles. The van der Waals surface area contributed by atoms with Crippen LogP contribution in [0.15, 0.2) is 24.3 Å². The first-order valence-corrected chi connectivity index (χ1v) is 8.92. The van der Waals surface area contributed by atoms with Gasteiger partial charge in [-0.2, -0.15) is 0 Å². The predicted octanol–water partition coefficient (Wildman–Crippen LogP) is 0.608. The number of carboxylic acid groups (broad SMARTS) is 1. The molecule has 0 aromatic heterocycles. The SMILES string of the molecule is CS(=O)(=O)C1CNCC(Oc2ccc(CNC(=O)O)cc2)C1. The lowest BCUT2D eigenvalue weighted by Crippen LogP contribution is -2.47. The van der Waals surface area contributed by atoms with Gasteiger partial charge < -0.3 is 20.5 Å². The third-order valence-electron chi connectivity index (χ3n) is 3.55. The molecule has 122 valence electrons. The highest BCUT2D eigenvalue weighted by molar-refractivity contribution is 7.91. The van der Waals surface area contributed by atoms with Crippen LogP contribution >= 0.6 is 0 Å². The van der Waals surface area contributed by atoms with Crippen molar-refractivity contribution in [3.63, 3.8) is 0 Å². The summed E-state index contributed by atoms with van der Waals surface area (Å²) < 4.78 is 29.0. The standard InChI is InChI=1S/C14H20N2O5S/c1-22(19,20)13-6-12(8-15-9-13)21-11-4-2-10(3-5-11)7-16-14(17)18/h2-5,12-13,15-16H,6-9H2,1H3,(H,17,18). The van der Waals surface area contributed by atoms with Crippen molar-refractivity contribution in [1.29, 1.82) is 0 Å². The highest BCUT2D eigenvalue weighted by atomic mass is 32.2. The van der Waals surface area contributed by atoms with Crippen LogP contribution in [0.4, 0.5) is 4.79 Å². The number of sulfone groups is 1. The maximum absolute atomic E-state index is 11.6. The van der Waals surface area contributed by atoms with Crippen LogP contribution in [0.2, 0.25) is 0 Å². The van der Waals surface area contributed by atoms with E-state index in [0.29, 0.717) is 25.3 Å². The lowest BCUT2D eigenvalue weighted by Gasteiger charge is -2.29. The molecule has 0 spiro atoms. The second kappa shape index (κ2) is 6.97. The first-order valence-electron chi connectivity index (χ1n) is 6.96. The number of carbonyl (C=O) groups is 1. The van der Waals surface area contributed by atoms with E-state index in [9.17, 15) is 13.2 Å². The molecular formula is C14H20N2O5S. The van der Waals surface area contributed by atoms with Gasteiger partial charge in [0.2, 0.25) is 0 Å². The number of piperidine rings is 1. The summed E-state index contributed by atoms with van der Waals surface area (Å²) in [5, 5.41) is 13.5. The van der Waals surface area contributed by atoms with Crippen LogP contribution < -0.4 is 15.4 Å². The van der Waals surface area contributed by atoms with E-state index in [4.69, 9.17) is 9.84 Å². The average Bonchev–Trinajstić information content (AvgIpc) is 2.46. The Balaban J connectivity index is 1.91. The van der Waals surface area contributed by atoms with Gasteiger partial charge in [0.05, 0.1) is 5.25 Å². The second-order valence-electron chi connectivity index (χ2n) is 5.39. The fourth-order valence-corrected chi connectivity index (χ4v) is 3.32. The number of ether oxygens (including phenoxy) is 1. The van der Waals surface area contributed by atoms with Gasteiger partial charge in [-0.05, 0) is 17.7 Å². The Morgan fingerprint density at radius 2 is 2.05 bits per heavy atom. The molecule has 0 aliphatic carbocycles. The van der Waals surface area contributed by atoms with E-state index in [1.807, 2.05) is 0 Å². The molecule has 3 N–H and O–H groups in total. The lowest BCUT2D eigenvalue weighted by molar-refractivity contribution is 0.168. The van der Waals surface area contributed by atoms with E-state index in [1.54, 1.807) is 24.3 Å². The van der Waals surface area contributed by atoms with Crippen molar-refractivity contribution in [2.75, 3.05) is 19.3 Å². The molecule has 0 bridgehead atoms. The van der Waals surface area contributed by atoms with E-state index in [2.05, 4.69) is 10.6 Å². The Morgan fingerprint density at radius 3 is 2.64 bits per heavy atom. The summed E-state index contributed by atoms with van der Waals surface area (Å²) in [4.78, 5) is 10.4. The summed E-state index contributed by atoms with van der Waals surface area (Å²) in [5.74, 6) is 0.639. The fraction of sp³-hybridized carbons (Fsp3) is 0.500. The summed E-state index contributed by atoms with van der Waals surface area (Å²) in [6, 6.07) is 7.05. The molecule has 1 fully saturated rings. The molecule has 8 heteroatoms. The largest absolute Gasteiger partial charge is 0.489 e. The summed E-state index contributed by atoms with van der Waals surface area (Å²) in [6.07, 6.45) is 0.442. The maximum Gasteiger partial charge on any atom is 0.404 e. The minimum atomic E-state index is -3.08. The molecule has 1 aromatic rings. The fourth-order valence-electron chi connectivity index (χ4n) is 2.34. The van der Waals surface area contributed by atoms with Crippen molar-refractivity contribution >= 4 is 15.9 Å². The van der Waals surface area contributed by atoms with Gasteiger partial charge in [-0.3, -0.25) is 0 Å². The van der Waals surface area contributed by atoms with E-state index in [1.165, 1.54) is 6.26 Å². The van der Waals surface area contributed by atoms with Crippen LogP contribution in [0.1, 0.15) is 12.0 Å². The van der Waals surface area contributed by atoms with E-state index in [0.717, 1.165) is 5.56 Å². The first-order chi connectivity index (χ1) is 10.3. The normalized spacial score (nSPS) is 22.0. The number of benzene rings is 1. The average molecular weight is 328 g/mol. The first kappa shape index (κ1) is 16.6. The highest BCUT2D eigenvalue weighted by Crippen LogP contribution is 2.19. The Bertz CT molecular complexity index is 615. The molecule has 2 atom stereocenters. The van der Waals surface area contributed by atoms with Crippen molar-refractivity contribution in [3.8, 4) is 5.75 Å². The van der Waals surface area contributed by atoms with Crippen molar-refractivity contribution in [3.05, 3.63) is 29.8 Å². The van der Waals surface area contributed by atoms with Gasteiger partial charge in [-0.1, -0.05) is 12.1 Å². The van der Waals surface area contributed by atoms with Crippen molar-refractivity contribution < 1.29 is 23.1 Å². The number of hydrogen-bond acceptors (Lipinski definition) is 5. The zero-order valence-corrected chi connectivity index (χ0v) is 13.1. The van der Waals surface area contributed by atoms with E-state index in [-0.39, 0.29) is 12.6 Å². The third kappa shape index (κ3) is 4.88. The lowest BCUT2D eigenvalue weighted by atomic mass is 10.1. The molecule has 0 radical (unpaired) electrons. The Morgan fingerprint density at radius 1 is 1.36 bits per heavy atom. The minimum Gasteiger partial charge on any atom is -0.489 e. The van der Waals surface area contributed by atoms with E-state index >= 15 is 0 Å². The highest BCUT2D eigenvalue weighted by Gasteiger charge is 2.29. The minimum absolute atomic E-state index is 0.198. The smallest absolute Gasteiger partial charge is 0.404 e. The van der Waals surface area contributed by atoms with Crippen molar-refractivity contribution in [2.24, 2.45) is 0 Å².